The molecule has 142 valence electrons. The van der Waals surface area contributed by atoms with Gasteiger partial charge in [0, 0.05) is 26.2 Å². The van der Waals surface area contributed by atoms with Gasteiger partial charge >= 0.3 is 6.09 Å². The summed E-state index contributed by atoms with van der Waals surface area (Å²) in [7, 11) is 3.23. The second kappa shape index (κ2) is 8.59. The van der Waals surface area contributed by atoms with Gasteiger partial charge in [0.1, 0.15) is 17.9 Å². The van der Waals surface area contributed by atoms with Crippen molar-refractivity contribution in [2.24, 2.45) is 5.92 Å². The molecule has 1 fully saturated rings. The van der Waals surface area contributed by atoms with Gasteiger partial charge in [-0.15, -0.1) is 0 Å². The molecule has 3 rings (SSSR count). The number of carbonyl (C=O) groups excluding carboxylic acids is 2. The van der Waals surface area contributed by atoms with Crippen LogP contribution in [0.2, 0.25) is 0 Å². The zero-order valence-corrected chi connectivity index (χ0v) is 15.5. The summed E-state index contributed by atoms with van der Waals surface area (Å²) >= 11 is 0. The van der Waals surface area contributed by atoms with E-state index in [0.717, 1.165) is 25.9 Å². The number of aromatic nitrogens is 2. The summed E-state index contributed by atoms with van der Waals surface area (Å²) in [4.78, 5) is 36.0. The zero-order chi connectivity index (χ0) is 19.2. The third-order valence-electron chi connectivity index (χ3n) is 4.37. The zero-order valence-electron chi connectivity index (χ0n) is 15.5. The molecule has 1 N–H and O–H groups in total. The number of piperidine rings is 1. The van der Waals surface area contributed by atoms with Crippen LogP contribution in [0.1, 0.15) is 12.8 Å². The fourth-order valence-corrected chi connectivity index (χ4v) is 2.90. The van der Waals surface area contributed by atoms with E-state index in [4.69, 9.17) is 4.74 Å². The Morgan fingerprint density at radius 3 is 2.41 bits per heavy atom. The van der Waals surface area contributed by atoms with Crippen LogP contribution in [-0.4, -0.2) is 54.1 Å². The number of nitrogens with one attached hydrogen (secondary N) is 1. The Labute approximate surface area is 158 Å². The van der Waals surface area contributed by atoms with Gasteiger partial charge in [0.25, 0.3) is 0 Å². The molecule has 8 nitrogen and oxygen atoms in total. The average Bonchev–Trinajstić information content (AvgIpc) is 2.71. The van der Waals surface area contributed by atoms with E-state index in [1.54, 1.807) is 55.5 Å². The first-order valence-corrected chi connectivity index (χ1v) is 8.86. The van der Waals surface area contributed by atoms with Gasteiger partial charge in [-0.3, -0.25) is 9.69 Å². The number of hydrogen-bond donors (Lipinski definition) is 1. The molecule has 0 atom stereocenters. The Bertz CT molecular complexity index is 774. The third-order valence-corrected chi connectivity index (χ3v) is 4.37. The van der Waals surface area contributed by atoms with E-state index in [1.807, 2.05) is 0 Å². The van der Waals surface area contributed by atoms with E-state index in [-0.39, 0.29) is 11.8 Å². The predicted molar refractivity (Wildman–Crippen MR) is 101 cm³/mol. The smallest absolute Gasteiger partial charge is 0.410 e. The van der Waals surface area contributed by atoms with Crippen molar-refractivity contribution in [3.05, 3.63) is 42.9 Å². The topological polar surface area (TPSA) is 87.7 Å². The Balaban J connectivity index is 1.86. The lowest BCUT2D eigenvalue weighted by Crippen LogP contribution is -2.39. The van der Waals surface area contributed by atoms with E-state index in [2.05, 4.69) is 15.3 Å². The van der Waals surface area contributed by atoms with E-state index in [0.29, 0.717) is 17.3 Å². The molecule has 0 spiro atoms. The molecule has 1 aromatic carbocycles. The van der Waals surface area contributed by atoms with Crippen LogP contribution in [-0.2, 0) is 4.79 Å². The molecule has 0 unspecified atom stereocenters. The van der Waals surface area contributed by atoms with Gasteiger partial charge in [-0.1, -0.05) is 0 Å². The molecule has 0 aliphatic carbocycles. The van der Waals surface area contributed by atoms with E-state index >= 15 is 0 Å². The average molecular weight is 369 g/mol. The van der Waals surface area contributed by atoms with Gasteiger partial charge in [0.2, 0.25) is 5.91 Å². The van der Waals surface area contributed by atoms with Crippen LogP contribution in [0, 0.1) is 5.92 Å². The molecule has 2 heterocycles. The van der Waals surface area contributed by atoms with Gasteiger partial charge < -0.3 is 15.0 Å². The van der Waals surface area contributed by atoms with Gasteiger partial charge in [-0.05, 0) is 56.3 Å². The van der Waals surface area contributed by atoms with Gasteiger partial charge in [-0.25, -0.2) is 14.8 Å². The molecule has 27 heavy (non-hydrogen) atoms. The summed E-state index contributed by atoms with van der Waals surface area (Å²) in [5, 5.41) is 3.27. The van der Waals surface area contributed by atoms with E-state index in [9.17, 15) is 9.59 Å². The summed E-state index contributed by atoms with van der Waals surface area (Å²) in [6, 6.07) is 8.54. The molecule has 1 aromatic heterocycles. The maximum atomic E-state index is 13.2. The first-order chi connectivity index (χ1) is 13.1. The second-order valence-corrected chi connectivity index (χ2v) is 6.52. The lowest BCUT2D eigenvalue weighted by molar-refractivity contribution is -0.122. The van der Waals surface area contributed by atoms with Gasteiger partial charge in [0.15, 0.2) is 0 Å². The highest BCUT2D eigenvalue weighted by Crippen LogP contribution is 2.29. The minimum Gasteiger partial charge on any atom is -0.410 e. The number of amides is 2. The molecule has 0 radical (unpaired) electrons. The minimum absolute atomic E-state index is 0.00763. The summed E-state index contributed by atoms with van der Waals surface area (Å²) in [5.74, 6) is 0.877. The number of hydrogen-bond acceptors (Lipinski definition) is 6. The van der Waals surface area contributed by atoms with Crippen molar-refractivity contribution in [3.8, 4) is 5.75 Å². The van der Waals surface area contributed by atoms with Crippen LogP contribution in [0.25, 0.3) is 0 Å². The standard InChI is InChI=1S/C19H23N5O3/c1-23(2)19(26)27-16-5-3-15(4-6-16)24(17-9-12-21-13-22-17)18(25)14-7-10-20-11-8-14/h3-6,9,12-14,20H,7-8,10-11H2,1-2H3. The maximum Gasteiger partial charge on any atom is 0.414 e. The number of anilines is 2. The minimum atomic E-state index is -0.457. The number of benzene rings is 1. The van der Waals surface area contributed by atoms with E-state index < -0.39 is 6.09 Å². The highest BCUT2D eigenvalue weighted by atomic mass is 16.6. The predicted octanol–water partition coefficient (Wildman–Crippen LogP) is 2.20. The van der Waals surface area contributed by atoms with Crippen molar-refractivity contribution in [3.63, 3.8) is 0 Å². The molecule has 1 aliphatic heterocycles. The number of carbonyl (C=O) groups is 2. The Morgan fingerprint density at radius 1 is 1.11 bits per heavy atom. The summed E-state index contributed by atoms with van der Waals surface area (Å²) in [6.45, 7) is 1.65. The molecular formula is C19H23N5O3. The monoisotopic (exact) mass is 369 g/mol. The highest BCUT2D eigenvalue weighted by Gasteiger charge is 2.28. The number of nitrogens with zero attached hydrogens (tertiary/aromatic N) is 4. The fraction of sp³-hybridized carbons (Fsp3) is 0.368. The van der Waals surface area contributed by atoms with Gasteiger partial charge in [0.05, 0.1) is 5.69 Å². The fourth-order valence-electron chi connectivity index (χ4n) is 2.90. The molecular weight excluding hydrogens is 346 g/mol. The molecule has 1 aliphatic rings. The highest BCUT2D eigenvalue weighted by molar-refractivity contribution is 6.01. The third kappa shape index (κ3) is 4.59. The van der Waals surface area contributed by atoms with Crippen LogP contribution < -0.4 is 15.0 Å². The van der Waals surface area contributed by atoms with Crippen molar-refractivity contribution in [1.29, 1.82) is 0 Å². The SMILES string of the molecule is CN(C)C(=O)Oc1ccc(N(C(=O)C2CCNCC2)c2ccncn2)cc1. The largest absolute Gasteiger partial charge is 0.414 e. The van der Waals surface area contributed by atoms with Crippen molar-refractivity contribution >= 4 is 23.5 Å². The van der Waals surface area contributed by atoms with Crippen molar-refractivity contribution in [2.45, 2.75) is 12.8 Å². The molecule has 8 heteroatoms. The number of ether oxygens (including phenoxy) is 1. The Morgan fingerprint density at radius 2 is 1.81 bits per heavy atom. The Hall–Kier alpha value is -3.00. The first-order valence-electron chi connectivity index (χ1n) is 8.86. The summed E-state index contributed by atoms with van der Waals surface area (Å²) in [6.07, 6.45) is 4.16. The lowest BCUT2D eigenvalue weighted by Gasteiger charge is -2.29. The van der Waals surface area contributed by atoms with Crippen LogP contribution in [0.15, 0.2) is 42.9 Å². The van der Waals surface area contributed by atoms with Gasteiger partial charge in [-0.2, -0.15) is 0 Å². The van der Waals surface area contributed by atoms with Crippen molar-refractivity contribution < 1.29 is 14.3 Å². The molecule has 2 aromatic rings. The quantitative estimate of drug-likeness (QED) is 0.889. The maximum absolute atomic E-state index is 13.2. The van der Waals surface area contributed by atoms with Crippen LogP contribution in [0.4, 0.5) is 16.3 Å². The van der Waals surface area contributed by atoms with Crippen molar-refractivity contribution in [1.82, 2.24) is 20.2 Å². The first kappa shape index (κ1) is 18.8. The van der Waals surface area contributed by atoms with E-state index in [1.165, 1.54) is 11.2 Å². The molecule has 1 saturated heterocycles. The number of rotatable bonds is 4. The molecule has 0 saturated carbocycles. The van der Waals surface area contributed by atoms with Crippen LogP contribution >= 0.6 is 0 Å². The van der Waals surface area contributed by atoms with Crippen LogP contribution in [0.3, 0.4) is 0 Å². The summed E-state index contributed by atoms with van der Waals surface area (Å²) < 4.78 is 5.24. The second-order valence-electron chi connectivity index (χ2n) is 6.52. The molecule has 2 amide bonds. The summed E-state index contributed by atoms with van der Waals surface area (Å²) in [5.41, 5.74) is 0.668. The molecule has 0 bridgehead atoms. The lowest BCUT2D eigenvalue weighted by atomic mass is 9.96. The normalized spacial score (nSPS) is 14.4. The van der Waals surface area contributed by atoms with Crippen LogP contribution in [0.5, 0.6) is 5.75 Å². The Kier molecular flexibility index (Phi) is 5.97. The van der Waals surface area contributed by atoms with Crippen molar-refractivity contribution in [2.75, 3.05) is 32.1 Å².